The molecule has 0 atom stereocenters. The van der Waals surface area contributed by atoms with Crippen LogP contribution in [-0.2, 0) is 6.54 Å². The van der Waals surface area contributed by atoms with Gasteiger partial charge in [0.05, 0.1) is 18.3 Å². The van der Waals surface area contributed by atoms with E-state index >= 15 is 0 Å². The number of halogens is 2. The third kappa shape index (κ3) is 2.13. The second kappa shape index (κ2) is 4.72. The van der Waals surface area contributed by atoms with Crippen molar-refractivity contribution >= 4 is 39.9 Å². The number of benzene rings is 1. The summed E-state index contributed by atoms with van der Waals surface area (Å²) in [7, 11) is 0. The zero-order valence-electron chi connectivity index (χ0n) is 9.85. The normalized spacial score (nSPS) is 11.1. The zero-order chi connectivity index (χ0) is 13.4. The van der Waals surface area contributed by atoms with Gasteiger partial charge in [-0.3, -0.25) is 4.98 Å². The minimum Gasteiger partial charge on any atom is -0.383 e. The summed E-state index contributed by atoms with van der Waals surface area (Å²) >= 11 is 12.1. The predicted octanol–water partition coefficient (Wildman–Crippen LogP) is 3.37. The molecule has 2 aromatic heterocycles. The van der Waals surface area contributed by atoms with Crippen LogP contribution in [0.2, 0.25) is 10.0 Å². The first kappa shape index (κ1) is 12.3. The van der Waals surface area contributed by atoms with Crippen molar-refractivity contribution in [2.75, 3.05) is 5.73 Å². The second-order valence-electron chi connectivity index (χ2n) is 4.14. The van der Waals surface area contributed by atoms with Gasteiger partial charge in [-0.2, -0.15) is 5.10 Å². The largest absolute Gasteiger partial charge is 0.383 e. The minimum atomic E-state index is 0.445. The van der Waals surface area contributed by atoms with Gasteiger partial charge in [0.2, 0.25) is 0 Å². The van der Waals surface area contributed by atoms with Crippen LogP contribution in [0.3, 0.4) is 0 Å². The molecule has 0 aliphatic rings. The standard InChI is InChI=1S/C13H10Cl2N4/c14-10-4-3-8(12-9(10)2-1-5-17-12)7-19-13(16)11(15)6-18-19/h1-6H,7,16H2. The van der Waals surface area contributed by atoms with Crippen LogP contribution in [0, 0.1) is 0 Å². The molecule has 0 saturated heterocycles. The minimum absolute atomic E-state index is 0.445. The number of hydrogen-bond donors (Lipinski definition) is 1. The Morgan fingerprint density at radius 1 is 1.16 bits per heavy atom. The third-order valence-corrected chi connectivity index (χ3v) is 3.57. The molecule has 0 bridgehead atoms. The SMILES string of the molecule is Nc1c(Cl)cnn1Cc1ccc(Cl)c2cccnc12. The number of aromatic nitrogens is 3. The fraction of sp³-hybridized carbons (Fsp3) is 0.0769. The van der Waals surface area contributed by atoms with Gasteiger partial charge in [-0.1, -0.05) is 29.3 Å². The molecule has 0 radical (unpaired) electrons. The van der Waals surface area contributed by atoms with Crippen molar-refractivity contribution in [1.29, 1.82) is 0 Å². The highest BCUT2D eigenvalue weighted by Crippen LogP contribution is 2.26. The number of nitrogen functional groups attached to an aromatic ring is 1. The number of anilines is 1. The third-order valence-electron chi connectivity index (χ3n) is 2.95. The van der Waals surface area contributed by atoms with Crippen LogP contribution in [-0.4, -0.2) is 14.8 Å². The van der Waals surface area contributed by atoms with Gasteiger partial charge in [0, 0.05) is 22.2 Å². The number of hydrogen-bond acceptors (Lipinski definition) is 3. The van der Waals surface area contributed by atoms with Gasteiger partial charge in [0.15, 0.2) is 0 Å². The second-order valence-corrected chi connectivity index (χ2v) is 4.96. The molecule has 0 spiro atoms. The average Bonchev–Trinajstić information content (AvgIpc) is 2.74. The summed E-state index contributed by atoms with van der Waals surface area (Å²) in [5.74, 6) is 0.445. The average molecular weight is 293 g/mol. The van der Waals surface area contributed by atoms with Crippen LogP contribution in [0.1, 0.15) is 5.56 Å². The van der Waals surface area contributed by atoms with Gasteiger partial charge < -0.3 is 5.73 Å². The number of pyridine rings is 1. The Morgan fingerprint density at radius 2 is 2.00 bits per heavy atom. The Kier molecular flexibility index (Phi) is 3.05. The first-order chi connectivity index (χ1) is 9.16. The highest BCUT2D eigenvalue weighted by Gasteiger charge is 2.10. The summed E-state index contributed by atoms with van der Waals surface area (Å²) in [4.78, 5) is 4.38. The fourth-order valence-corrected chi connectivity index (χ4v) is 2.34. The van der Waals surface area contributed by atoms with E-state index in [1.165, 1.54) is 6.20 Å². The van der Waals surface area contributed by atoms with Gasteiger partial charge in [0.1, 0.15) is 10.8 Å². The molecule has 2 heterocycles. The fourth-order valence-electron chi connectivity index (χ4n) is 1.98. The first-order valence-electron chi connectivity index (χ1n) is 5.65. The van der Waals surface area contributed by atoms with E-state index in [-0.39, 0.29) is 0 Å². The van der Waals surface area contributed by atoms with E-state index in [0.29, 0.717) is 22.4 Å². The Labute approximate surface area is 119 Å². The van der Waals surface area contributed by atoms with E-state index in [2.05, 4.69) is 10.1 Å². The lowest BCUT2D eigenvalue weighted by molar-refractivity contribution is 0.700. The number of nitrogens with two attached hydrogens (primary N) is 1. The van der Waals surface area contributed by atoms with E-state index in [0.717, 1.165) is 16.5 Å². The highest BCUT2D eigenvalue weighted by atomic mass is 35.5. The molecule has 1 aromatic carbocycles. The van der Waals surface area contributed by atoms with Crippen LogP contribution < -0.4 is 5.73 Å². The van der Waals surface area contributed by atoms with Crippen molar-refractivity contribution in [3.8, 4) is 0 Å². The van der Waals surface area contributed by atoms with E-state index in [9.17, 15) is 0 Å². The van der Waals surface area contributed by atoms with Crippen molar-refractivity contribution in [2.45, 2.75) is 6.54 Å². The van der Waals surface area contributed by atoms with Crippen LogP contribution in [0.15, 0.2) is 36.7 Å². The lowest BCUT2D eigenvalue weighted by atomic mass is 10.1. The summed E-state index contributed by atoms with van der Waals surface area (Å²) < 4.78 is 1.64. The molecule has 2 N–H and O–H groups in total. The van der Waals surface area contributed by atoms with Crippen LogP contribution in [0.25, 0.3) is 10.9 Å². The van der Waals surface area contributed by atoms with Crippen LogP contribution >= 0.6 is 23.2 Å². The van der Waals surface area contributed by atoms with Crippen molar-refractivity contribution in [1.82, 2.24) is 14.8 Å². The lowest BCUT2D eigenvalue weighted by Gasteiger charge is -2.08. The smallest absolute Gasteiger partial charge is 0.140 e. The monoisotopic (exact) mass is 292 g/mol. The van der Waals surface area contributed by atoms with E-state index in [4.69, 9.17) is 28.9 Å². The molecule has 3 rings (SSSR count). The van der Waals surface area contributed by atoms with Crippen molar-refractivity contribution in [2.24, 2.45) is 0 Å². The molecule has 0 fully saturated rings. The Morgan fingerprint density at radius 3 is 2.74 bits per heavy atom. The lowest BCUT2D eigenvalue weighted by Crippen LogP contribution is -2.06. The quantitative estimate of drug-likeness (QED) is 0.788. The molecular formula is C13H10Cl2N4. The molecule has 0 unspecified atom stereocenters. The highest BCUT2D eigenvalue weighted by molar-refractivity contribution is 6.35. The summed E-state index contributed by atoms with van der Waals surface area (Å²) in [6, 6.07) is 7.57. The molecule has 4 nitrogen and oxygen atoms in total. The predicted molar refractivity (Wildman–Crippen MR) is 77.5 cm³/mol. The van der Waals surface area contributed by atoms with Gasteiger partial charge in [-0.15, -0.1) is 0 Å². The van der Waals surface area contributed by atoms with Gasteiger partial charge in [-0.05, 0) is 18.2 Å². The van der Waals surface area contributed by atoms with Crippen LogP contribution in [0.5, 0.6) is 0 Å². The molecule has 96 valence electrons. The Balaban J connectivity index is 2.11. The maximum Gasteiger partial charge on any atom is 0.140 e. The molecule has 6 heteroatoms. The molecular weight excluding hydrogens is 283 g/mol. The zero-order valence-corrected chi connectivity index (χ0v) is 11.4. The molecule has 0 amide bonds. The van der Waals surface area contributed by atoms with Crippen molar-refractivity contribution in [3.63, 3.8) is 0 Å². The molecule has 0 aliphatic carbocycles. The Bertz CT molecular complexity index is 751. The molecule has 0 aliphatic heterocycles. The Hall–Kier alpha value is -1.78. The van der Waals surface area contributed by atoms with Crippen molar-refractivity contribution < 1.29 is 0 Å². The molecule has 3 aromatic rings. The maximum atomic E-state index is 6.16. The first-order valence-corrected chi connectivity index (χ1v) is 6.41. The van der Waals surface area contributed by atoms with E-state index in [1.54, 1.807) is 10.9 Å². The van der Waals surface area contributed by atoms with E-state index in [1.807, 2.05) is 24.3 Å². The number of rotatable bonds is 2. The molecule has 19 heavy (non-hydrogen) atoms. The van der Waals surface area contributed by atoms with Gasteiger partial charge in [-0.25, -0.2) is 4.68 Å². The van der Waals surface area contributed by atoms with Gasteiger partial charge >= 0.3 is 0 Å². The molecule has 0 saturated carbocycles. The summed E-state index contributed by atoms with van der Waals surface area (Å²) in [6.07, 6.45) is 3.27. The van der Waals surface area contributed by atoms with Crippen LogP contribution in [0.4, 0.5) is 5.82 Å². The number of nitrogens with zero attached hydrogens (tertiary/aromatic N) is 3. The topological polar surface area (TPSA) is 56.7 Å². The summed E-state index contributed by atoms with van der Waals surface area (Å²) in [5, 5.41) is 6.18. The number of fused-ring (bicyclic) bond motifs is 1. The maximum absolute atomic E-state index is 6.16. The summed E-state index contributed by atoms with van der Waals surface area (Å²) in [5.41, 5.74) is 7.69. The van der Waals surface area contributed by atoms with E-state index < -0.39 is 0 Å². The van der Waals surface area contributed by atoms with Crippen molar-refractivity contribution in [3.05, 3.63) is 52.3 Å². The van der Waals surface area contributed by atoms with Gasteiger partial charge in [0.25, 0.3) is 0 Å². The summed E-state index contributed by atoms with van der Waals surface area (Å²) in [6.45, 7) is 0.503.